The van der Waals surface area contributed by atoms with E-state index in [2.05, 4.69) is 13.5 Å². The van der Waals surface area contributed by atoms with Gasteiger partial charge in [-0.25, -0.2) is 0 Å². The predicted octanol–water partition coefficient (Wildman–Crippen LogP) is 0.805. The van der Waals surface area contributed by atoms with Crippen LogP contribution in [0.25, 0.3) is 0 Å². The van der Waals surface area contributed by atoms with Crippen molar-refractivity contribution in [3.05, 3.63) is 19.6 Å². The van der Waals surface area contributed by atoms with E-state index in [1.54, 1.807) is 0 Å². The van der Waals surface area contributed by atoms with Crippen LogP contribution >= 0.6 is 0 Å². The van der Waals surface area contributed by atoms with Crippen molar-refractivity contribution in [2.45, 2.75) is 0 Å². The molecule has 0 atom stereocenters. The topological polar surface area (TPSA) is 0 Å². The molecule has 0 saturated carbocycles. The van der Waals surface area contributed by atoms with Gasteiger partial charge < -0.3 is 19.6 Å². The Morgan fingerprint density at radius 1 is 1.60 bits per heavy atom. The zero-order chi connectivity index (χ0) is 2.71. The van der Waals surface area contributed by atoms with Crippen LogP contribution in [0.1, 0.15) is 0 Å². The molecule has 0 amide bonds. The zero-order valence-corrected chi connectivity index (χ0v) is 6.99. The Labute approximate surface area is 56.3 Å². The monoisotopic (exact) mass is 160 g/mol. The van der Waals surface area contributed by atoms with Gasteiger partial charge in [0.15, 0.2) is 0 Å². The second-order valence-electron chi connectivity index (χ2n) is 0.236. The van der Waals surface area contributed by atoms with Gasteiger partial charge in [0.2, 0.25) is 0 Å². The Morgan fingerprint density at radius 2 is 1.60 bits per heavy atom. The minimum absolute atomic E-state index is 0. The minimum Gasteiger partial charge on any atom is -0.549 e. The summed E-state index contributed by atoms with van der Waals surface area (Å²) in [5, 5.41) is 0. The maximum atomic E-state index is 4.61. The van der Waals surface area contributed by atoms with Gasteiger partial charge in [-0.2, -0.15) is 0 Å². The Bertz CT molecular complexity index is 14.4. The first kappa shape index (κ1) is 17.1. The second-order valence-corrected chi connectivity index (χ2v) is 0.236. The fourth-order valence-corrected chi connectivity index (χ4v) is 0. The van der Waals surface area contributed by atoms with E-state index in [4.69, 9.17) is 0 Å². The van der Waals surface area contributed by atoms with Crippen LogP contribution in [0, 0.1) is 13.5 Å². The molecule has 28 valence electrons. The van der Waals surface area contributed by atoms with Crippen molar-refractivity contribution >= 4 is 0 Å². The molecule has 0 nitrogen and oxygen atoms in total. The maximum absolute atomic E-state index is 4.61. The summed E-state index contributed by atoms with van der Waals surface area (Å²) in [6, 6.07) is 0. The van der Waals surface area contributed by atoms with Crippen LogP contribution in [0.4, 0.5) is 0 Å². The minimum atomic E-state index is 0. The van der Waals surface area contributed by atoms with Gasteiger partial charge in [-0.3, -0.25) is 0 Å². The first-order chi connectivity index (χ1) is 1.41. The zero-order valence-electron chi connectivity index (χ0n) is 2.92. The Hall–Kier alpha value is 0.753. The van der Waals surface area contributed by atoms with Crippen LogP contribution in [-0.4, -0.2) is 0 Å². The first-order valence-electron chi connectivity index (χ1n) is 0.742. The normalized spacial score (nSPS) is 2.40. The summed E-state index contributed by atoms with van der Waals surface area (Å²) in [4.78, 5) is 0. The molecule has 0 aliphatic heterocycles. The summed E-state index contributed by atoms with van der Waals surface area (Å²) in [5.41, 5.74) is 0. The standard InChI is InChI=1S/C3H4.Fe.Zn/c1-3-2;;/h1,3H,2H2;;/q-2;;. The maximum Gasteiger partial charge on any atom is 0 e. The van der Waals surface area contributed by atoms with E-state index in [0.29, 0.717) is 0 Å². The van der Waals surface area contributed by atoms with E-state index in [-0.39, 0.29) is 36.5 Å². The van der Waals surface area contributed by atoms with Gasteiger partial charge in [0.1, 0.15) is 0 Å². The summed E-state index contributed by atoms with van der Waals surface area (Å²) >= 11 is 0. The molecule has 0 spiro atoms. The van der Waals surface area contributed by atoms with Crippen molar-refractivity contribution in [2.24, 2.45) is 0 Å². The summed E-state index contributed by atoms with van der Waals surface area (Å²) in [6.07, 6.45) is 1.25. The molecule has 0 aliphatic rings. The third-order valence-corrected chi connectivity index (χ3v) is 0. The van der Waals surface area contributed by atoms with Crippen molar-refractivity contribution in [3.8, 4) is 0 Å². The predicted molar refractivity (Wildman–Crippen MR) is 14.2 cm³/mol. The molecule has 0 saturated heterocycles. The van der Waals surface area contributed by atoms with Gasteiger partial charge in [0.05, 0.1) is 0 Å². The molecule has 0 heterocycles. The number of hydrogen-bond donors (Lipinski definition) is 0. The molecule has 0 aliphatic carbocycles. The molecule has 0 fully saturated rings. The number of allylic oxidation sites excluding steroid dienone is 1. The van der Waals surface area contributed by atoms with Crippen molar-refractivity contribution in [3.63, 3.8) is 0 Å². The van der Waals surface area contributed by atoms with Crippen molar-refractivity contribution < 1.29 is 36.5 Å². The molecular weight excluding hydrogens is 157 g/mol. The van der Waals surface area contributed by atoms with Crippen LogP contribution in [-0.2, 0) is 36.5 Å². The summed E-state index contributed by atoms with van der Waals surface area (Å²) in [5.74, 6) is 0. The number of rotatable bonds is 0. The molecule has 0 bridgehead atoms. The molecule has 0 aromatic carbocycles. The molecule has 0 radical (unpaired) electrons. The second kappa shape index (κ2) is 21.8. The van der Waals surface area contributed by atoms with Gasteiger partial charge in [-0.1, -0.05) is 0 Å². The summed E-state index contributed by atoms with van der Waals surface area (Å²) in [6.45, 7) is 7.75. The Kier molecular flexibility index (Phi) is 74.7. The molecule has 0 N–H and O–H groups in total. The van der Waals surface area contributed by atoms with E-state index < -0.39 is 0 Å². The van der Waals surface area contributed by atoms with Crippen molar-refractivity contribution in [1.82, 2.24) is 0 Å². The van der Waals surface area contributed by atoms with Gasteiger partial charge in [0, 0.05) is 36.5 Å². The molecule has 0 rings (SSSR count). The average Bonchev–Trinajstić information content (AvgIpc) is 0.918. The molecule has 0 aromatic heterocycles. The van der Waals surface area contributed by atoms with Crippen LogP contribution < -0.4 is 0 Å². The Balaban J connectivity index is -0.0000000200. The van der Waals surface area contributed by atoms with Crippen LogP contribution in [0.2, 0.25) is 0 Å². The molecule has 0 unspecified atom stereocenters. The third kappa shape index (κ3) is 63.5. The van der Waals surface area contributed by atoms with Gasteiger partial charge in [-0.05, 0) is 0 Å². The van der Waals surface area contributed by atoms with E-state index in [1.165, 1.54) is 6.08 Å². The third-order valence-electron chi connectivity index (χ3n) is 0. The van der Waals surface area contributed by atoms with E-state index in [0.717, 1.165) is 0 Å². The van der Waals surface area contributed by atoms with Crippen LogP contribution in [0.3, 0.4) is 0 Å². The first-order valence-corrected chi connectivity index (χ1v) is 0.742. The SMILES string of the molecule is [CH-]=C[CH2-].[Fe].[Zn]. The fraction of sp³-hybridized carbons (Fsp3) is 0. The van der Waals surface area contributed by atoms with Crippen molar-refractivity contribution in [2.75, 3.05) is 0 Å². The quantitative estimate of drug-likeness (QED) is 0.364. The van der Waals surface area contributed by atoms with Gasteiger partial charge in [-0.15, -0.1) is 0 Å². The Morgan fingerprint density at radius 3 is 1.60 bits per heavy atom. The van der Waals surface area contributed by atoms with Gasteiger partial charge >= 0.3 is 0 Å². The smallest absolute Gasteiger partial charge is 0 e. The number of hydrogen-bond acceptors (Lipinski definition) is 0. The summed E-state index contributed by atoms with van der Waals surface area (Å²) < 4.78 is 0. The molecule has 2 heteroatoms. The summed E-state index contributed by atoms with van der Waals surface area (Å²) in [7, 11) is 0. The van der Waals surface area contributed by atoms with Crippen molar-refractivity contribution in [1.29, 1.82) is 0 Å². The van der Waals surface area contributed by atoms with E-state index >= 15 is 0 Å². The van der Waals surface area contributed by atoms with E-state index in [9.17, 15) is 0 Å². The van der Waals surface area contributed by atoms with Crippen LogP contribution in [0.5, 0.6) is 0 Å². The molecule has 5 heavy (non-hydrogen) atoms. The molecule has 0 aromatic rings. The fourth-order valence-electron chi connectivity index (χ4n) is 0. The molecular formula is C3H4FeZn-2. The average molecular weight is 161 g/mol. The van der Waals surface area contributed by atoms with Gasteiger partial charge in [0.25, 0.3) is 0 Å². The van der Waals surface area contributed by atoms with E-state index in [1.807, 2.05) is 0 Å². The van der Waals surface area contributed by atoms with Crippen LogP contribution in [0.15, 0.2) is 6.08 Å². The largest absolute Gasteiger partial charge is 0.549 e.